The van der Waals surface area contributed by atoms with Gasteiger partial charge in [-0.3, -0.25) is 0 Å². The molecule has 4 N–H and O–H groups in total. The van der Waals surface area contributed by atoms with Crippen molar-refractivity contribution in [3.8, 4) is 0 Å². The maximum absolute atomic E-state index is 12.9. The molecule has 0 bridgehead atoms. The van der Waals surface area contributed by atoms with Crippen molar-refractivity contribution in [1.29, 1.82) is 0 Å². The molecule has 0 unspecified atom stereocenters. The van der Waals surface area contributed by atoms with Gasteiger partial charge < -0.3 is 16.4 Å². The second-order valence-corrected chi connectivity index (χ2v) is 5.46. The number of anilines is 4. The molecule has 2 aromatic carbocycles. The Balaban J connectivity index is 1.72. The number of hydrogen-bond donors (Lipinski definition) is 3. The summed E-state index contributed by atoms with van der Waals surface area (Å²) >= 11 is 0. The van der Waals surface area contributed by atoms with Crippen molar-refractivity contribution in [1.82, 2.24) is 9.97 Å². The number of halogens is 1. The van der Waals surface area contributed by atoms with E-state index in [1.807, 2.05) is 31.2 Å². The Morgan fingerprint density at radius 1 is 0.958 bits per heavy atom. The Morgan fingerprint density at radius 2 is 1.62 bits per heavy atom. The highest BCUT2D eigenvalue weighted by molar-refractivity contribution is 5.77. The standard InChI is InChI=1S/C18H18FN5/c1-12-2-8-15(9-3-12)24-18-16(20)17(22-11-23-18)21-10-13-4-6-14(19)7-5-13/h2-9,11H,10,20H2,1H3,(H2,21,22,23,24). The molecule has 6 heteroatoms. The lowest BCUT2D eigenvalue weighted by Gasteiger charge is -2.12. The average Bonchev–Trinajstić information content (AvgIpc) is 2.59. The first-order chi connectivity index (χ1) is 11.6. The Hall–Kier alpha value is -3.15. The summed E-state index contributed by atoms with van der Waals surface area (Å²) in [6.45, 7) is 2.52. The predicted octanol–water partition coefficient (Wildman–Crippen LogP) is 3.86. The maximum Gasteiger partial charge on any atom is 0.159 e. The fourth-order valence-corrected chi connectivity index (χ4v) is 2.20. The molecule has 0 atom stereocenters. The molecule has 1 heterocycles. The minimum Gasteiger partial charge on any atom is -0.393 e. The number of nitrogens with zero attached hydrogens (tertiary/aromatic N) is 2. The maximum atomic E-state index is 12.9. The summed E-state index contributed by atoms with van der Waals surface area (Å²) in [6, 6.07) is 14.2. The van der Waals surface area contributed by atoms with Crippen molar-refractivity contribution in [2.75, 3.05) is 16.4 Å². The lowest BCUT2D eigenvalue weighted by Crippen LogP contribution is -2.08. The minimum atomic E-state index is -0.259. The van der Waals surface area contributed by atoms with Gasteiger partial charge in [0.2, 0.25) is 0 Å². The fraction of sp³-hybridized carbons (Fsp3) is 0.111. The van der Waals surface area contributed by atoms with Crippen LogP contribution in [0.15, 0.2) is 54.9 Å². The highest BCUT2D eigenvalue weighted by Crippen LogP contribution is 2.26. The highest BCUT2D eigenvalue weighted by Gasteiger charge is 2.08. The number of hydrogen-bond acceptors (Lipinski definition) is 5. The Labute approximate surface area is 139 Å². The van der Waals surface area contributed by atoms with E-state index >= 15 is 0 Å². The number of nitrogens with two attached hydrogens (primary N) is 1. The van der Waals surface area contributed by atoms with Crippen LogP contribution in [0.25, 0.3) is 0 Å². The summed E-state index contributed by atoms with van der Waals surface area (Å²) in [5.74, 6) is 0.810. The molecule has 0 spiro atoms. The van der Waals surface area contributed by atoms with E-state index in [0.29, 0.717) is 23.9 Å². The fourth-order valence-electron chi connectivity index (χ4n) is 2.20. The number of aromatic nitrogens is 2. The van der Waals surface area contributed by atoms with Gasteiger partial charge >= 0.3 is 0 Å². The van der Waals surface area contributed by atoms with E-state index in [2.05, 4.69) is 20.6 Å². The second-order valence-electron chi connectivity index (χ2n) is 5.46. The zero-order chi connectivity index (χ0) is 16.9. The third-order valence-corrected chi connectivity index (χ3v) is 3.57. The highest BCUT2D eigenvalue weighted by atomic mass is 19.1. The monoisotopic (exact) mass is 323 g/mol. The van der Waals surface area contributed by atoms with Gasteiger partial charge in [-0.1, -0.05) is 29.8 Å². The van der Waals surface area contributed by atoms with Crippen LogP contribution in [0.3, 0.4) is 0 Å². The summed E-state index contributed by atoms with van der Waals surface area (Å²) in [7, 11) is 0. The van der Waals surface area contributed by atoms with Crippen molar-refractivity contribution in [3.63, 3.8) is 0 Å². The van der Waals surface area contributed by atoms with Crippen LogP contribution in [0.5, 0.6) is 0 Å². The topological polar surface area (TPSA) is 75.9 Å². The molecule has 0 aliphatic carbocycles. The van der Waals surface area contributed by atoms with E-state index < -0.39 is 0 Å². The van der Waals surface area contributed by atoms with Gasteiger partial charge in [-0.25, -0.2) is 14.4 Å². The Bertz CT molecular complexity index is 816. The molecular formula is C18H18FN5. The van der Waals surface area contributed by atoms with Crippen molar-refractivity contribution in [3.05, 3.63) is 71.8 Å². The van der Waals surface area contributed by atoms with Crippen LogP contribution < -0.4 is 16.4 Å². The molecule has 0 amide bonds. The summed E-state index contributed by atoms with van der Waals surface area (Å²) < 4.78 is 12.9. The van der Waals surface area contributed by atoms with Gasteiger partial charge in [0, 0.05) is 12.2 Å². The molecule has 5 nitrogen and oxygen atoms in total. The van der Waals surface area contributed by atoms with Crippen LogP contribution in [0.1, 0.15) is 11.1 Å². The molecule has 3 aromatic rings. The average molecular weight is 323 g/mol. The van der Waals surface area contributed by atoms with Crippen molar-refractivity contribution in [2.45, 2.75) is 13.5 Å². The van der Waals surface area contributed by atoms with Crippen molar-refractivity contribution < 1.29 is 4.39 Å². The van der Waals surface area contributed by atoms with E-state index in [9.17, 15) is 4.39 Å². The molecule has 0 aliphatic rings. The lowest BCUT2D eigenvalue weighted by atomic mass is 10.2. The molecule has 24 heavy (non-hydrogen) atoms. The summed E-state index contributed by atoms with van der Waals surface area (Å²) in [6.07, 6.45) is 1.44. The number of benzene rings is 2. The number of nitrogens with one attached hydrogen (secondary N) is 2. The zero-order valence-electron chi connectivity index (χ0n) is 13.3. The smallest absolute Gasteiger partial charge is 0.159 e. The summed E-state index contributed by atoms with van der Waals surface area (Å²) in [4.78, 5) is 8.35. The lowest BCUT2D eigenvalue weighted by molar-refractivity contribution is 0.627. The van der Waals surface area contributed by atoms with E-state index in [-0.39, 0.29) is 5.82 Å². The number of aryl methyl sites for hydroxylation is 1. The first-order valence-electron chi connectivity index (χ1n) is 7.54. The SMILES string of the molecule is Cc1ccc(Nc2ncnc(NCc3ccc(F)cc3)c2N)cc1. The second kappa shape index (κ2) is 6.95. The Kier molecular flexibility index (Phi) is 4.56. The van der Waals surface area contributed by atoms with Crippen molar-refractivity contribution in [2.24, 2.45) is 0 Å². The molecule has 1 aromatic heterocycles. The van der Waals surface area contributed by atoms with E-state index in [0.717, 1.165) is 11.3 Å². The normalized spacial score (nSPS) is 10.4. The first-order valence-corrected chi connectivity index (χ1v) is 7.54. The van der Waals surface area contributed by atoms with Crippen molar-refractivity contribution >= 4 is 23.0 Å². The first kappa shape index (κ1) is 15.7. The van der Waals surface area contributed by atoms with Crippen LogP contribution in [-0.4, -0.2) is 9.97 Å². The molecule has 0 saturated heterocycles. The zero-order valence-corrected chi connectivity index (χ0v) is 13.3. The quantitative estimate of drug-likeness (QED) is 0.664. The molecule has 3 rings (SSSR count). The third-order valence-electron chi connectivity index (χ3n) is 3.57. The Morgan fingerprint density at radius 3 is 2.33 bits per heavy atom. The molecule has 0 aliphatic heterocycles. The molecule has 0 saturated carbocycles. The van der Waals surface area contributed by atoms with Crippen LogP contribution in [0.4, 0.5) is 27.4 Å². The van der Waals surface area contributed by atoms with Crippen LogP contribution in [0, 0.1) is 12.7 Å². The van der Waals surface area contributed by atoms with Gasteiger partial charge in [-0.05, 0) is 36.8 Å². The van der Waals surface area contributed by atoms with E-state index in [1.165, 1.54) is 24.0 Å². The van der Waals surface area contributed by atoms with Gasteiger partial charge in [0.1, 0.15) is 17.8 Å². The molecule has 122 valence electrons. The number of rotatable bonds is 5. The van der Waals surface area contributed by atoms with Gasteiger partial charge in [-0.15, -0.1) is 0 Å². The predicted molar refractivity (Wildman–Crippen MR) is 94.6 cm³/mol. The van der Waals surface area contributed by atoms with Gasteiger partial charge in [0.05, 0.1) is 0 Å². The van der Waals surface area contributed by atoms with E-state index in [1.54, 1.807) is 12.1 Å². The van der Waals surface area contributed by atoms with Crippen LogP contribution >= 0.6 is 0 Å². The largest absolute Gasteiger partial charge is 0.393 e. The van der Waals surface area contributed by atoms with Gasteiger partial charge in [0.25, 0.3) is 0 Å². The summed E-state index contributed by atoms with van der Waals surface area (Å²) in [5.41, 5.74) is 9.58. The molecule has 0 radical (unpaired) electrons. The van der Waals surface area contributed by atoms with Gasteiger partial charge in [0.15, 0.2) is 11.6 Å². The third kappa shape index (κ3) is 3.78. The van der Waals surface area contributed by atoms with Crippen LogP contribution in [-0.2, 0) is 6.54 Å². The molecule has 0 fully saturated rings. The minimum absolute atomic E-state index is 0.259. The van der Waals surface area contributed by atoms with Gasteiger partial charge in [-0.2, -0.15) is 0 Å². The number of nitrogen functional groups attached to an aromatic ring is 1. The summed E-state index contributed by atoms with van der Waals surface area (Å²) in [5, 5.41) is 6.33. The molecular weight excluding hydrogens is 305 g/mol. The van der Waals surface area contributed by atoms with Crippen LogP contribution in [0.2, 0.25) is 0 Å². The van der Waals surface area contributed by atoms with E-state index in [4.69, 9.17) is 5.73 Å².